The largest absolute Gasteiger partial charge is 0.291 e. The Hall–Kier alpha value is -3.98. The number of hydrogen-bond donors (Lipinski definition) is 1. The third-order valence-electron chi connectivity index (χ3n) is 4.56. The maximum atomic E-state index is 12.8. The number of anilines is 1. The molecule has 0 bridgehead atoms. The molecule has 3 heterocycles. The molecule has 30 heavy (non-hydrogen) atoms. The Morgan fingerprint density at radius 3 is 2.50 bits per heavy atom. The molecule has 0 unspecified atom stereocenters. The molecule has 148 valence electrons. The van der Waals surface area contributed by atoms with Gasteiger partial charge >= 0.3 is 0 Å². The Kier molecular flexibility index (Phi) is 4.29. The predicted octanol–water partition coefficient (Wildman–Crippen LogP) is 3.38. The molecular weight excluding hydrogens is 400 g/mol. The highest BCUT2D eigenvalue weighted by molar-refractivity contribution is 7.92. The van der Waals surface area contributed by atoms with Gasteiger partial charge in [-0.15, -0.1) is 0 Å². The number of hydrogen-bond acceptors (Lipinski definition) is 5. The zero-order valence-electron chi connectivity index (χ0n) is 15.6. The van der Waals surface area contributed by atoms with Crippen molar-refractivity contribution in [1.82, 2.24) is 24.1 Å². The summed E-state index contributed by atoms with van der Waals surface area (Å²) in [7, 11) is -3.74. The third kappa shape index (κ3) is 3.42. The summed E-state index contributed by atoms with van der Waals surface area (Å²) in [5.41, 5.74) is 2.73. The average Bonchev–Trinajstić information content (AvgIpc) is 3.44. The number of benzene rings is 2. The third-order valence-corrected chi connectivity index (χ3v) is 5.96. The van der Waals surface area contributed by atoms with E-state index in [0.29, 0.717) is 17.2 Å². The Labute approximate surface area is 172 Å². The van der Waals surface area contributed by atoms with E-state index < -0.39 is 10.0 Å². The molecule has 0 atom stereocenters. The van der Waals surface area contributed by atoms with E-state index in [2.05, 4.69) is 19.8 Å². The average molecular weight is 416 g/mol. The number of nitrogens with one attached hydrogen (secondary N) is 1. The van der Waals surface area contributed by atoms with Gasteiger partial charge in [0.15, 0.2) is 0 Å². The highest BCUT2D eigenvalue weighted by Crippen LogP contribution is 2.24. The molecule has 0 aliphatic rings. The summed E-state index contributed by atoms with van der Waals surface area (Å²) in [5, 5.41) is 4.14. The van der Waals surface area contributed by atoms with Crippen LogP contribution in [0, 0.1) is 0 Å². The number of sulfonamides is 1. The zero-order chi connectivity index (χ0) is 20.6. The van der Waals surface area contributed by atoms with Crippen molar-refractivity contribution >= 4 is 21.5 Å². The molecule has 0 saturated heterocycles. The number of fused-ring (bicyclic) bond motifs is 1. The van der Waals surface area contributed by atoms with Gasteiger partial charge in [0.25, 0.3) is 10.0 Å². The van der Waals surface area contributed by atoms with Crippen molar-refractivity contribution < 1.29 is 8.42 Å². The van der Waals surface area contributed by atoms with E-state index in [1.807, 2.05) is 28.9 Å². The maximum absolute atomic E-state index is 12.8. The SMILES string of the molecule is O=S(=O)(Nc1cccc(-c2cn3cccnc3n2)c1)c1ccc(-n2cccn2)cc1. The lowest BCUT2D eigenvalue weighted by molar-refractivity contribution is 0.601. The molecule has 5 rings (SSSR count). The van der Waals surface area contributed by atoms with Gasteiger partial charge in [-0.1, -0.05) is 12.1 Å². The van der Waals surface area contributed by atoms with Crippen LogP contribution < -0.4 is 4.72 Å². The van der Waals surface area contributed by atoms with Crippen molar-refractivity contribution in [2.75, 3.05) is 4.72 Å². The van der Waals surface area contributed by atoms with Gasteiger partial charge in [-0.2, -0.15) is 5.10 Å². The Bertz CT molecular complexity index is 1390. The van der Waals surface area contributed by atoms with Crippen LogP contribution in [-0.4, -0.2) is 32.6 Å². The molecule has 1 N–H and O–H groups in total. The predicted molar refractivity (Wildman–Crippen MR) is 113 cm³/mol. The minimum atomic E-state index is -3.74. The summed E-state index contributed by atoms with van der Waals surface area (Å²) in [6.45, 7) is 0. The number of nitrogens with zero attached hydrogens (tertiary/aromatic N) is 5. The Morgan fingerprint density at radius 2 is 1.73 bits per heavy atom. The van der Waals surface area contributed by atoms with Crippen LogP contribution in [0.25, 0.3) is 22.7 Å². The van der Waals surface area contributed by atoms with Gasteiger partial charge in [0.05, 0.1) is 16.3 Å². The molecule has 0 fully saturated rings. The lowest BCUT2D eigenvalue weighted by atomic mass is 10.1. The Balaban J connectivity index is 1.41. The summed E-state index contributed by atoms with van der Waals surface area (Å²) in [6, 6.07) is 17.3. The second-order valence-corrected chi connectivity index (χ2v) is 8.27. The van der Waals surface area contributed by atoms with Gasteiger partial charge in [0.2, 0.25) is 5.78 Å². The highest BCUT2D eigenvalue weighted by atomic mass is 32.2. The molecule has 0 aliphatic heterocycles. The van der Waals surface area contributed by atoms with Gasteiger partial charge in [0, 0.05) is 42.2 Å². The Morgan fingerprint density at radius 1 is 0.900 bits per heavy atom. The van der Waals surface area contributed by atoms with E-state index in [4.69, 9.17) is 0 Å². The summed E-state index contributed by atoms with van der Waals surface area (Å²) < 4.78 is 31.8. The quantitative estimate of drug-likeness (QED) is 0.474. The minimum absolute atomic E-state index is 0.167. The lowest BCUT2D eigenvalue weighted by Crippen LogP contribution is -2.13. The van der Waals surface area contributed by atoms with E-state index in [0.717, 1.165) is 11.3 Å². The van der Waals surface area contributed by atoms with E-state index >= 15 is 0 Å². The molecule has 8 nitrogen and oxygen atoms in total. The molecule has 0 aliphatic carbocycles. The van der Waals surface area contributed by atoms with Crippen molar-refractivity contribution in [2.45, 2.75) is 4.90 Å². The molecule has 0 amide bonds. The normalized spacial score (nSPS) is 11.6. The molecule has 3 aromatic heterocycles. The molecule has 0 spiro atoms. The van der Waals surface area contributed by atoms with Gasteiger partial charge in [-0.3, -0.25) is 9.12 Å². The van der Waals surface area contributed by atoms with E-state index in [1.165, 1.54) is 0 Å². The van der Waals surface area contributed by atoms with Crippen LogP contribution in [0.1, 0.15) is 0 Å². The van der Waals surface area contributed by atoms with Crippen molar-refractivity contribution in [3.05, 3.63) is 91.6 Å². The molecular formula is C21H16N6O2S. The minimum Gasteiger partial charge on any atom is -0.291 e. The molecule has 9 heteroatoms. The number of rotatable bonds is 5. The van der Waals surface area contributed by atoms with Crippen molar-refractivity contribution in [2.24, 2.45) is 0 Å². The van der Waals surface area contributed by atoms with Crippen LogP contribution in [0.5, 0.6) is 0 Å². The van der Waals surface area contributed by atoms with Crippen LogP contribution in [0.4, 0.5) is 5.69 Å². The number of aromatic nitrogens is 5. The fourth-order valence-electron chi connectivity index (χ4n) is 3.12. The maximum Gasteiger partial charge on any atom is 0.261 e. The van der Waals surface area contributed by atoms with Crippen LogP contribution in [0.15, 0.2) is 96.5 Å². The first-order chi connectivity index (χ1) is 14.6. The standard InChI is InChI=1S/C21H16N6O2S/c28-30(29,19-8-6-18(7-9-19)27-13-3-11-23-27)25-17-5-1-4-16(14-17)20-15-26-12-2-10-22-21(26)24-20/h1-15,25H. The van der Waals surface area contributed by atoms with E-state index in [9.17, 15) is 8.42 Å². The van der Waals surface area contributed by atoms with Crippen LogP contribution >= 0.6 is 0 Å². The smallest absolute Gasteiger partial charge is 0.261 e. The van der Waals surface area contributed by atoms with E-state index in [1.54, 1.807) is 71.8 Å². The summed E-state index contributed by atoms with van der Waals surface area (Å²) in [6.07, 6.45) is 8.84. The van der Waals surface area contributed by atoms with Gasteiger partial charge in [-0.25, -0.2) is 23.1 Å². The second kappa shape index (κ2) is 7.12. The summed E-state index contributed by atoms with van der Waals surface area (Å²) >= 11 is 0. The van der Waals surface area contributed by atoms with Gasteiger partial charge in [-0.05, 0) is 48.5 Å². The molecule has 5 aromatic rings. The van der Waals surface area contributed by atoms with Crippen LogP contribution in [-0.2, 0) is 10.0 Å². The summed E-state index contributed by atoms with van der Waals surface area (Å²) in [4.78, 5) is 8.86. The first kappa shape index (κ1) is 18.1. The fourth-order valence-corrected chi connectivity index (χ4v) is 4.17. The zero-order valence-corrected chi connectivity index (χ0v) is 16.4. The first-order valence-electron chi connectivity index (χ1n) is 9.12. The van der Waals surface area contributed by atoms with Crippen LogP contribution in [0.3, 0.4) is 0 Å². The molecule has 0 radical (unpaired) electrons. The highest BCUT2D eigenvalue weighted by Gasteiger charge is 2.15. The van der Waals surface area contributed by atoms with Crippen molar-refractivity contribution in [3.8, 4) is 16.9 Å². The lowest BCUT2D eigenvalue weighted by Gasteiger charge is -2.10. The fraction of sp³-hybridized carbons (Fsp3) is 0. The second-order valence-electron chi connectivity index (χ2n) is 6.58. The van der Waals surface area contributed by atoms with Crippen molar-refractivity contribution in [1.29, 1.82) is 0 Å². The first-order valence-corrected chi connectivity index (χ1v) is 10.6. The topological polar surface area (TPSA) is 94.2 Å². The number of imidazole rings is 1. The van der Waals surface area contributed by atoms with Gasteiger partial charge < -0.3 is 0 Å². The monoisotopic (exact) mass is 416 g/mol. The van der Waals surface area contributed by atoms with Crippen molar-refractivity contribution in [3.63, 3.8) is 0 Å². The summed E-state index contributed by atoms with van der Waals surface area (Å²) in [5.74, 6) is 0.579. The van der Waals surface area contributed by atoms with Crippen LogP contribution in [0.2, 0.25) is 0 Å². The van der Waals surface area contributed by atoms with Gasteiger partial charge in [0.1, 0.15) is 0 Å². The molecule has 2 aromatic carbocycles. The van der Waals surface area contributed by atoms with E-state index in [-0.39, 0.29) is 4.90 Å². The molecule has 0 saturated carbocycles.